The largest absolute Gasteiger partial charge is 0.312 e. The highest BCUT2D eigenvalue weighted by atomic mass is 16.2. The van der Waals surface area contributed by atoms with Crippen molar-refractivity contribution in [2.75, 3.05) is 16.9 Å². The molecule has 0 bridgehead atoms. The highest BCUT2D eigenvalue weighted by molar-refractivity contribution is 5.98. The summed E-state index contributed by atoms with van der Waals surface area (Å²) in [4.78, 5) is 43.1. The van der Waals surface area contributed by atoms with Gasteiger partial charge in [-0.1, -0.05) is 12.1 Å². The molecule has 2 aromatic carbocycles. The van der Waals surface area contributed by atoms with Crippen molar-refractivity contribution >= 4 is 34.4 Å². The Bertz CT molecular complexity index is 1180. The van der Waals surface area contributed by atoms with Crippen LogP contribution in [-0.2, 0) is 17.8 Å². The van der Waals surface area contributed by atoms with Crippen LogP contribution in [0.5, 0.6) is 0 Å². The van der Waals surface area contributed by atoms with E-state index in [9.17, 15) is 14.4 Å². The lowest BCUT2D eigenvalue weighted by molar-refractivity contribution is -0.116. The minimum atomic E-state index is -0.348. The lowest BCUT2D eigenvalue weighted by Crippen LogP contribution is -2.34. The van der Waals surface area contributed by atoms with Gasteiger partial charge in [-0.05, 0) is 49.2 Å². The number of amides is 2. The second kappa shape index (κ2) is 7.38. The van der Waals surface area contributed by atoms with Crippen LogP contribution >= 0.6 is 0 Å². The zero-order valence-corrected chi connectivity index (χ0v) is 16.2. The number of hydrazine groups is 1. The summed E-state index contributed by atoms with van der Waals surface area (Å²) < 4.78 is 1.47. The second-order valence-corrected chi connectivity index (χ2v) is 6.85. The maximum absolute atomic E-state index is 12.6. The number of nitrogens with zero attached hydrogens (tertiary/aromatic N) is 3. The first-order valence-corrected chi connectivity index (χ1v) is 9.46. The van der Waals surface area contributed by atoms with Crippen molar-refractivity contribution in [2.24, 2.45) is 0 Å². The number of anilines is 2. The Labute approximate surface area is 167 Å². The molecule has 29 heavy (non-hydrogen) atoms. The van der Waals surface area contributed by atoms with Gasteiger partial charge < -0.3 is 4.90 Å². The van der Waals surface area contributed by atoms with Crippen LogP contribution in [0.15, 0.2) is 47.3 Å². The van der Waals surface area contributed by atoms with E-state index < -0.39 is 0 Å². The monoisotopic (exact) mass is 391 g/mol. The third-order valence-corrected chi connectivity index (χ3v) is 5.08. The van der Waals surface area contributed by atoms with E-state index in [-0.39, 0.29) is 23.3 Å². The fourth-order valence-corrected chi connectivity index (χ4v) is 3.61. The topological polar surface area (TPSA) is 96.3 Å². The first kappa shape index (κ1) is 18.7. The van der Waals surface area contributed by atoms with Gasteiger partial charge in [0.15, 0.2) is 0 Å². The lowest BCUT2D eigenvalue weighted by atomic mass is 10.1. The number of benzene rings is 2. The summed E-state index contributed by atoms with van der Waals surface area (Å²) in [6, 6.07) is 12.3. The molecule has 0 aliphatic carbocycles. The molecule has 1 aromatic heterocycles. The standard InChI is InChI=1S/C21H21N5O3/c1-3-25-20(29)16-6-4-5-7-17(16)22-21(25)24-23-19(28)15-8-9-18-14(12-15)10-11-26(18)13(2)27/h4-9,12H,3,10-11H2,1-2H3,(H,22,24)(H,23,28). The predicted molar refractivity (Wildman–Crippen MR) is 111 cm³/mol. The van der Waals surface area contributed by atoms with Crippen molar-refractivity contribution in [2.45, 2.75) is 26.8 Å². The molecular formula is C21H21N5O3. The van der Waals surface area contributed by atoms with Gasteiger partial charge in [-0.3, -0.25) is 29.8 Å². The molecule has 2 amide bonds. The Kier molecular flexibility index (Phi) is 4.75. The Morgan fingerprint density at radius 1 is 1.17 bits per heavy atom. The molecule has 148 valence electrons. The second-order valence-electron chi connectivity index (χ2n) is 6.85. The molecule has 8 heteroatoms. The summed E-state index contributed by atoms with van der Waals surface area (Å²) in [6.07, 6.45) is 0.713. The molecule has 0 spiro atoms. The molecular weight excluding hydrogens is 370 g/mol. The quantitative estimate of drug-likeness (QED) is 0.664. The van der Waals surface area contributed by atoms with Gasteiger partial charge in [0, 0.05) is 31.3 Å². The first-order valence-electron chi connectivity index (χ1n) is 9.46. The van der Waals surface area contributed by atoms with E-state index in [1.807, 2.05) is 13.0 Å². The number of carbonyl (C=O) groups is 2. The van der Waals surface area contributed by atoms with E-state index in [4.69, 9.17) is 0 Å². The lowest BCUT2D eigenvalue weighted by Gasteiger charge is -2.15. The van der Waals surface area contributed by atoms with Crippen molar-refractivity contribution in [3.8, 4) is 0 Å². The van der Waals surface area contributed by atoms with Crippen molar-refractivity contribution in [1.82, 2.24) is 15.0 Å². The smallest absolute Gasteiger partial charge is 0.269 e. The third kappa shape index (κ3) is 3.33. The van der Waals surface area contributed by atoms with E-state index >= 15 is 0 Å². The summed E-state index contributed by atoms with van der Waals surface area (Å²) in [5, 5.41) is 0.528. The molecule has 0 fully saturated rings. The number of hydrogen-bond acceptors (Lipinski definition) is 5. The van der Waals surface area contributed by atoms with Crippen LogP contribution in [0, 0.1) is 0 Å². The summed E-state index contributed by atoms with van der Waals surface area (Å²) in [5.41, 5.74) is 8.05. The molecule has 0 saturated heterocycles. The Balaban J connectivity index is 1.56. The highest BCUT2D eigenvalue weighted by Gasteiger charge is 2.23. The minimum Gasteiger partial charge on any atom is -0.312 e. The predicted octanol–water partition coefficient (Wildman–Crippen LogP) is 2.08. The normalized spacial score (nSPS) is 12.7. The Hall–Kier alpha value is -3.68. The maximum atomic E-state index is 12.6. The van der Waals surface area contributed by atoms with Gasteiger partial charge >= 0.3 is 0 Å². The van der Waals surface area contributed by atoms with Crippen LogP contribution in [0.1, 0.15) is 29.8 Å². The maximum Gasteiger partial charge on any atom is 0.269 e. The molecule has 1 aliphatic rings. The molecule has 4 rings (SSSR count). The van der Waals surface area contributed by atoms with Crippen molar-refractivity contribution in [3.05, 3.63) is 63.9 Å². The molecule has 0 radical (unpaired) electrons. The van der Waals surface area contributed by atoms with E-state index in [1.165, 1.54) is 11.5 Å². The molecule has 2 N–H and O–H groups in total. The highest BCUT2D eigenvalue weighted by Crippen LogP contribution is 2.28. The van der Waals surface area contributed by atoms with Gasteiger partial charge in [-0.15, -0.1) is 0 Å². The van der Waals surface area contributed by atoms with Gasteiger partial charge in [0.1, 0.15) is 0 Å². The molecule has 3 aromatic rings. The van der Waals surface area contributed by atoms with Crippen molar-refractivity contribution < 1.29 is 9.59 Å². The number of fused-ring (bicyclic) bond motifs is 2. The van der Waals surface area contributed by atoms with Gasteiger partial charge in [0.25, 0.3) is 11.5 Å². The number of hydrogen-bond donors (Lipinski definition) is 2. The number of carbonyl (C=O) groups excluding carboxylic acids is 2. The molecule has 0 atom stereocenters. The zero-order chi connectivity index (χ0) is 20.5. The number of para-hydroxylation sites is 1. The van der Waals surface area contributed by atoms with Crippen LogP contribution < -0.4 is 21.3 Å². The van der Waals surface area contributed by atoms with E-state index in [1.54, 1.807) is 41.3 Å². The molecule has 0 unspecified atom stereocenters. The zero-order valence-electron chi connectivity index (χ0n) is 16.2. The molecule has 8 nitrogen and oxygen atoms in total. The molecule has 0 saturated carbocycles. The van der Waals surface area contributed by atoms with E-state index in [2.05, 4.69) is 15.8 Å². The van der Waals surface area contributed by atoms with Gasteiger partial charge in [-0.2, -0.15) is 0 Å². The number of aromatic nitrogens is 2. The minimum absolute atomic E-state index is 0.0115. The summed E-state index contributed by atoms with van der Waals surface area (Å²) in [7, 11) is 0. The summed E-state index contributed by atoms with van der Waals surface area (Å²) >= 11 is 0. The third-order valence-electron chi connectivity index (χ3n) is 5.08. The average Bonchev–Trinajstić information content (AvgIpc) is 3.15. The summed E-state index contributed by atoms with van der Waals surface area (Å²) in [5.74, 6) is -0.0878. The van der Waals surface area contributed by atoms with Crippen LogP contribution in [0.25, 0.3) is 10.9 Å². The van der Waals surface area contributed by atoms with Crippen LogP contribution in [-0.4, -0.2) is 27.9 Å². The summed E-state index contributed by atoms with van der Waals surface area (Å²) in [6.45, 7) is 4.40. The van der Waals surface area contributed by atoms with Gasteiger partial charge in [0.2, 0.25) is 11.9 Å². The van der Waals surface area contributed by atoms with Crippen molar-refractivity contribution in [1.29, 1.82) is 0 Å². The fourth-order valence-electron chi connectivity index (χ4n) is 3.61. The molecule has 1 aliphatic heterocycles. The van der Waals surface area contributed by atoms with Gasteiger partial charge in [-0.25, -0.2) is 4.98 Å². The van der Waals surface area contributed by atoms with Crippen LogP contribution in [0.2, 0.25) is 0 Å². The first-order chi connectivity index (χ1) is 14.0. The SMILES string of the molecule is CCn1c(NNC(=O)c2ccc3c(c2)CCN3C(C)=O)nc2ccccc2c1=O. The van der Waals surface area contributed by atoms with Crippen molar-refractivity contribution in [3.63, 3.8) is 0 Å². The Morgan fingerprint density at radius 2 is 1.97 bits per heavy atom. The Morgan fingerprint density at radius 3 is 2.72 bits per heavy atom. The van der Waals surface area contributed by atoms with E-state index in [0.717, 1.165) is 11.3 Å². The van der Waals surface area contributed by atoms with Crippen LogP contribution in [0.4, 0.5) is 11.6 Å². The average molecular weight is 391 g/mol. The van der Waals surface area contributed by atoms with E-state index in [0.29, 0.717) is 36.0 Å². The fraction of sp³-hybridized carbons (Fsp3) is 0.238. The number of nitrogens with one attached hydrogen (secondary N) is 2. The van der Waals surface area contributed by atoms with Crippen LogP contribution in [0.3, 0.4) is 0 Å². The number of rotatable bonds is 4. The van der Waals surface area contributed by atoms with Gasteiger partial charge in [0.05, 0.1) is 10.9 Å². The molecule has 2 heterocycles.